The van der Waals surface area contributed by atoms with E-state index in [2.05, 4.69) is 22.6 Å². The first-order valence-electron chi connectivity index (χ1n) is 4.63. The van der Waals surface area contributed by atoms with Crippen LogP contribution >= 0.6 is 22.6 Å². The van der Waals surface area contributed by atoms with E-state index in [0.29, 0.717) is 13.1 Å². The van der Waals surface area contributed by atoms with Gasteiger partial charge >= 0.3 is 6.09 Å². The molecule has 0 bridgehead atoms. The fraction of sp³-hybridized carbons (Fsp3) is 0.300. The Morgan fingerprint density at radius 3 is 2.93 bits per heavy atom. The fourth-order valence-corrected chi connectivity index (χ4v) is 2.59. The molecule has 15 heavy (non-hydrogen) atoms. The highest BCUT2D eigenvalue weighted by Crippen LogP contribution is 2.27. The van der Waals surface area contributed by atoms with Crippen LogP contribution in [0.15, 0.2) is 12.1 Å². The molecule has 1 aromatic rings. The van der Waals surface area contributed by atoms with Gasteiger partial charge in [-0.3, -0.25) is 0 Å². The number of anilines is 1. The zero-order valence-corrected chi connectivity index (χ0v) is 10.2. The second-order valence-electron chi connectivity index (χ2n) is 3.56. The second-order valence-corrected chi connectivity index (χ2v) is 4.64. The van der Waals surface area contributed by atoms with Crippen LogP contribution in [0.5, 0.6) is 0 Å². The molecular weight excluding hydrogens is 307 g/mol. The molecule has 0 radical (unpaired) electrons. The van der Waals surface area contributed by atoms with Crippen molar-refractivity contribution in [1.29, 1.82) is 0 Å². The van der Waals surface area contributed by atoms with E-state index in [1.54, 1.807) is 0 Å². The van der Waals surface area contributed by atoms with E-state index >= 15 is 0 Å². The second kappa shape index (κ2) is 3.88. The topological polar surface area (TPSA) is 66.6 Å². The molecule has 0 saturated heterocycles. The van der Waals surface area contributed by atoms with Crippen molar-refractivity contribution in [2.45, 2.75) is 13.0 Å². The van der Waals surface area contributed by atoms with Gasteiger partial charge in [0.2, 0.25) is 0 Å². The highest BCUT2D eigenvalue weighted by molar-refractivity contribution is 14.1. The molecule has 0 atom stereocenters. The lowest BCUT2D eigenvalue weighted by Crippen LogP contribution is -2.35. The highest BCUT2D eigenvalue weighted by atomic mass is 127. The molecule has 2 rings (SSSR count). The van der Waals surface area contributed by atoms with Crippen LogP contribution in [0, 0.1) is 3.57 Å². The summed E-state index contributed by atoms with van der Waals surface area (Å²) in [6, 6.07) is 3.76. The van der Waals surface area contributed by atoms with Gasteiger partial charge in [0, 0.05) is 22.3 Å². The van der Waals surface area contributed by atoms with E-state index in [0.717, 1.165) is 21.2 Å². The van der Waals surface area contributed by atoms with E-state index in [-0.39, 0.29) is 0 Å². The number of nitrogen functional groups attached to an aromatic ring is 1. The average molecular weight is 318 g/mol. The standard InChI is InChI=1S/C10H11IN2O2/c11-9-7-3-4-13(10(14)15)5-6(7)1-2-8(9)12/h1-2H,3-5,12H2,(H,14,15). The van der Waals surface area contributed by atoms with Crippen molar-refractivity contribution >= 4 is 34.4 Å². The van der Waals surface area contributed by atoms with Crippen LogP contribution in [0.4, 0.5) is 10.5 Å². The average Bonchev–Trinajstić information content (AvgIpc) is 2.23. The lowest BCUT2D eigenvalue weighted by Gasteiger charge is -2.27. The molecule has 3 N–H and O–H groups in total. The lowest BCUT2D eigenvalue weighted by atomic mass is 9.99. The van der Waals surface area contributed by atoms with Crippen molar-refractivity contribution in [2.24, 2.45) is 0 Å². The molecule has 1 aromatic carbocycles. The third kappa shape index (κ3) is 1.88. The Labute approximate surface area is 101 Å². The van der Waals surface area contributed by atoms with Crippen molar-refractivity contribution < 1.29 is 9.90 Å². The Hall–Kier alpha value is -0.980. The maximum absolute atomic E-state index is 10.8. The van der Waals surface area contributed by atoms with Crippen molar-refractivity contribution in [3.8, 4) is 0 Å². The fourth-order valence-electron chi connectivity index (χ4n) is 1.79. The molecule has 80 valence electrons. The third-order valence-corrected chi connectivity index (χ3v) is 3.91. The summed E-state index contributed by atoms with van der Waals surface area (Å²) in [5.41, 5.74) is 8.85. The zero-order valence-electron chi connectivity index (χ0n) is 8.03. The van der Waals surface area contributed by atoms with Gasteiger partial charge in [-0.15, -0.1) is 0 Å². The van der Waals surface area contributed by atoms with E-state index in [4.69, 9.17) is 10.8 Å². The number of nitrogens with zero attached hydrogens (tertiary/aromatic N) is 1. The Morgan fingerprint density at radius 2 is 2.27 bits per heavy atom. The summed E-state index contributed by atoms with van der Waals surface area (Å²) in [7, 11) is 0. The first-order chi connectivity index (χ1) is 7.09. The highest BCUT2D eigenvalue weighted by Gasteiger charge is 2.21. The van der Waals surface area contributed by atoms with E-state index in [1.165, 1.54) is 10.5 Å². The molecule has 1 aliphatic heterocycles. The summed E-state index contributed by atoms with van der Waals surface area (Å²) < 4.78 is 1.06. The number of carbonyl (C=O) groups is 1. The Morgan fingerprint density at radius 1 is 1.53 bits per heavy atom. The summed E-state index contributed by atoms with van der Waals surface area (Å²) in [5, 5.41) is 8.89. The van der Waals surface area contributed by atoms with E-state index in [1.807, 2.05) is 12.1 Å². The molecule has 4 nitrogen and oxygen atoms in total. The number of fused-ring (bicyclic) bond motifs is 1. The minimum atomic E-state index is -0.854. The van der Waals surface area contributed by atoms with Crippen molar-refractivity contribution in [3.05, 3.63) is 26.8 Å². The molecule has 0 unspecified atom stereocenters. The molecule has 0 aliphatic carbocycles. The quantitative estimate of drug-likeness (QED) is 0.567. The molecule has 5 heteroatoms. The smallest absolute Gasteiger partial charge is 0.407 e. The lowest BCUT2D eigenvalue weighted by molar-refractivity contribution is 0.140. The van der Waals surface area contributed by atoms with Crippen LogP contribution in [0.1, 0.15) is 11.1 Å². The number of amides is 1. The van der Waals surface area contributed by atoms with Gasteiger partial charge in [0.15, 0.2) is 0 Å². The first-order valence-corrected chi connectivity index (χ1v) is 5.71. The number of hydrogen-bond donors (Lipinski definition) is 2. The predicted molar refractivity (Wildman–Crippen MR) is 65.7 cm³/mol. The number of nitrogens with two attached hydrogens (primary N) is 1. The molecule has 0 fully saturated rings. The van der Waals surface area contributed by atoms with Gasteiger partial charge in [0.1, 0.15) is 0 Å². The number of hydrogen-bond acceptors (Lipinski definition) is 2. The van der Waals surface area contributed by atoms with Crippen molar-refractivity contribution in [3.63, 3.8) is 0 Å². The van der Waals surface area contributed by atoms with Gasteiger partial charge in [-0.2, -0.15) is 0 Å². The van der Waals surface area contributed by atoms with Crippen LogP contribution in [-0.2, 0) is 13.0 Å². The van der Waals surface area contributed by atoms with Crippen LogP contribution in [0.25, 0.3) is 0 Å². The summed E-state index contributed by atoms with van der Waals surface area (Å²) in [5.74, 6) is 0. The Balaban J connectivity index is 2.36. The SMILES string of the molecule is Nc1ccc2c(c1I)CCN(C(=O)O)C2. The van der Waals surface area contributed by atoms with Crippen LogP contribution in [-0.4, -0.2) is 22.6 Å². The number of rotatable bonds is 0. The first kappa shape index (κ1) is 10.5. The molecule has 1 heterocycles. The minimum absolute atomic E-state index is 0.473. The van der Waals surface area contributed by atoms with Gasteiger partial charge < -0.3 is 15.7 Å². The maximum atomic E-state index is 10.8. The molecule has 1 aliphatic rings. The molecule has 0 saturated carbocycles. The van der Waals surface area contributed by atoms with Gasteiger partial charge in [-0.1, -0.05) is 6.07 Å². The summed E-state index contributed by atoms with van der Waals surface area (Å²) in [6.07, 6.45) is -0.0993. The van der Waals surface area contributed by atoms with Crippen molar-refractivity contribution in [2.75, 3.05) is 12.3 Å². The normalized spacial score (nSPS) is 14.9. The summed E-state index contributed by atoms with van der Waals surface area (Å²) in [6.45, 7) is 1.03. The van der Waals surface area contributed by atoms with Gasteiger partial charge in [-0.05, 0) is 46.2 Å². The monoisotopic (exact) mass is 318 g/mol. The van der Waals surface area contributed by atoms with Gasteiger partial charge in [0.25, 0.3) is 0 Å². The van der Waals surface area contributed by atoms with Gasteiger partial charge in [0.05, 0.1) is 0 Å². The van der Waals surface area contributed by atoms with Gasteiger partial charge in [-0.25, -0.2) is 4.79 Å². The molecule has 1 amide bonds. The Bertz CT molecular complexity index is 420. The van der Waals surface area contributed by atoms with E-state index in [9.17, 15) is 4.79 Å². The van der Waals surface area contributed by atoms with Crippen LogP contribution in [0.3, 0.4) is 0 Å². The van der Waals surface area contributed by atoms with Crippen LogP contribution < -0.4 is 5.73 Å². The maximum Gasteiger partial charge on any atom is 0.407 e. The van der Waals surface area contributed by atoms with E-state index < -0.39 is 6.09 Å². The van der Waals surface area contributed by atoms with Crippen LogP contribution in [0.2, 0.25) is 0 Å². The number of benzene rings is 1. The molecule has 0 spiro atoms. The zero-order chi connectivity index (χ0) is 11.0. The summed E-state index contributed by atoms with van der Waals surface area (Å²) in [4.78, 5) is 12.2. The number of carboxylic acid groups (broad SMARTS) is 1. The predicted octanol–water partition coefficient (Wildman–Crippen LogP) is 1.91. The largest absolute Gasteiger partial charge is 0.465 e. The minimum Gasteiger partial charge on any atom is -0.465 e. The van der Waals surface area contributed by atoms with Crippen molar-refractivity contribution in [1.82, 2.24) is 4.90 Å². The Kier molecular flexibility index (Phi) is 2.72. The number of halogens is 1. The molecule has 0 aromatic heterocycles. The third-order valence-electron chi connectivity index (χ3n) is 2.63. The molecular formula is C10H11IN2O2. The summed E-state index contributed by atoms with van der Waals surface area (Å²) >= 11 is 2.22.